The number of hydrogen-bond donors (Lipinski definition) is 3. The molecule has 6 heteroatoms. The number of aromatic hydroxyl groups is 1. The Balaban J connectivity index is 2.35. The van der Waals surface area contributed by atoms with Gasteiger partial charge in [-0.25, -0.2) is 0 Å². The number of aliphatic hydroxyl groups is 1. The standard InChI is InChI=1S/C17H22O6/c1-9(5-7-13(18)19)4-6-11-15(20)14-12(8-23-17(14)21)10(2)16(11)22-3/h4,17,20-21H,5-8H2,1-3H3,(H,18,19)/b9-4+. The minimum atomic E-state index is -1.13. The minimum Gasteiger partial charge on any atom is -0.507 e. The summed E-state index contributed by atoms with van der Waals surface area (Å²) < 4.78 is 10.6. The Bertz CT molecular complexity index is 647. The van der Waals surface area contributed by atoms with Gasteiger partial charge in [-0.05, 0) is 37.8 Å². The fraction of sp³-hybridized carbons (Fsp3) is 0.471. The molecule has 0 saturated carbocycles. The lowest BCUT2D eigenvalue weighted by atomic mass is 9.94. The van der Waals surface area contributed by atoms with Gasteiger partial charge in [0.1, 0.15) is 11.5 Å². The molecule has 1 unspecified atom stereocenters. The molecule has 0 aliphatic carbocycles. The zero-order valence-electron chi connectivity index (χ0n) is 13.5. The molecule has 0 bridgehead atoms. The first-order chi connectivity index (χ1) is 10.9. The molecule has 23 heavy (non-hydrogen) atoms. The van der Waals surface area contributed by atoms with Crippen LogP contribution in [0, 0.1) is 6.92 Å². The van der Waals surface area contributed by atoms with Crippen LogP contribution in [0.15, 0.2) is 11.6 Å². The molecule has 2 rings (SSSR count). The molecule has 1 atom stereocenters. The lowest BCUT2D eigenvalue weighted by Gasteiger charge is -2.17. The van der Waals surface area contributed by atoms with Crippen LogP contribution >= 0.6 is 0 Å². The second-order valence-electron chi connectivity index (χ2n) is 5.69. The summed E-state index contributed by atoms with van der Waals surface area (Å²) in [7, 11) is 1.53. The van der Waals surface area contributed by atoms with Gasteiger partial charge in [-0.2, -0.15) is 0 Å². The second-order valence-corrected chi connectivity index (χ2v) is 5.69. The zero-order chi connectivity index (χ0) is 17.1. The highest BCUT2D eigenvalue weighted by Crippen LogP contribution is 2.45. The maximum Gasteiger partial charge on any atom is 0.303 e. The van der Waals surface area contributed by atoms with Crippen molar-refractivity contribution in [3.8, 4) is 11.5 Å². The van der Waals surface area contributed by atoms with Crippen LogP contribution in [0.2, 0.25) is 0 Å². The Labute approximate surface area is 135 Å². The van der Waals surface area contributed by atoms with Crippen molar-refractivity contribution in [1.82, 2.24) is 0 Å². The lowest BCUT2D eigenvalue weighted by Crippen LogP contribution is -2.02. The van der Waals surface area contributed by atoms with E-state index in [9.17, 15) is 15.0 Å². The molecule has 3 N–H and O–H groups in total. The summed E-state index contributed by atoms with van der Waals surface area (Å²) in [5.41, 5.74) is 3.48. The van der Waals surface area contributed by atoms with Crippen LogP contribution in [-0.4, -0.2) is 28.4 Å². The predicted molar refractivity (Wildman–Crippen MR) is 83.5 cm³/mol. The number of phenols is 1. The van der Waals surface area contributed by atoms with E-state index >= 15 is 0 Å². The van der Waals surface area contributed by atoms with Crippen molar-refractivity contribution < 1.29 is 29.6 Å². The number of carbonyl (C=O) groups is 1. The maximum absolute atomic E-state index is 10.6. The number of ether oxygens (including phenoxy) is 2. The van der Waals surface area contributed by atoms with E-state index in [0.29, 0.717) is 29.7 Å². The van der Waals surface area contributed by atoms with Gasteiger partial charge in [-0.1, -0.05) is 11.6 Å². The number of carboxylic acid groups (broad SMARTS) is 1. The van der Waals surface area contributed by atoms with Gasteiger partial charge in [0.15, 0.2) is 6.29 Å². The summed E-state index contributed by atoms with van der Waals surface area (Å²) in [6.07, 6.45) is 1.65. The summed E-state index contributed by atoms with van der Waals surface area (Å²) >= 11 is 0. The van der Waals surface area contributed by atoms with Crippen LogP contribution in [-0.2, 0) is 22.6 Å². The van der Waals surface area contributed by atoms with Gasteiger partial charge < -0.3 is 24.8 Å². The average molecular weight is 322 g/mol. The molecule has 0 aromatic heterocycles. The van der Waals surface area contributed by atoms with E-state index < -0.39 is 12.3 Å². The summed E-state index contributed by atoms with van der Waals surface area (Å²) in [5.74, 6) is -0.289. The van der Waals surface area contributed by atoms with Gasteiger partial charge in [0.25, 0.3) is 0 Å². The molecular weight excluding hydrogens is 300 g/mol. The maximum atomic E-state index is 10.6. The van der Waals surface area contributed by atoms with E-state index in [2.05, 4.69) is 0 Å². The molecule has 6 nitrogen and oxygen atoms in total. The van der Waals surface area contributed by atoms with Crippen LogP contribution in [0.25, 0.3) is 0 Å². The van der Waals surface area contributed by atoms with Gasteiger partial charge in [0.05, 0.1) is 19.3 Å². The van der Waals surface area contributed by atoms with Crippen molar-refractivity contribution in [2.75, 3.05) is 7.11 Å². The van der Waals surface area contributed by atoms with Gasteiger partial charge >= 0.3 is 5.97 Å². The van der Waals surface area contributed by atoms with E-state index in [0.717, 1.165) is 16.7 Å². The predicted octanol–water partition coefficient (Wildman–Crippen LogP) is 2.58. The Morgan fingerprint density at radius 3 is 2.74 bits per heavy atom. The van der Waals surface area contributed by atoms with Crippen molar-refractivity contribution in [3.05, 3.63) is 33.9 Å². The Morgan fingerprint density at radius 2 is 2.13 bits per heavy atom. The average Bonchev–Trinajstić information content (AvgIpc) is 2.89. The van der Waals surface area contributed by atoms with E-state index in [1.807, 2.05) is 19.9 Å². The van der Waals surface area contributed by atoms with Gasteiger partial charge in [0.2, 0.25) is 0 Å². The monoisotopic (exact) mass is 322 g/mol. The number of aliphatic hydroxyl groups excluding tert-OH is 1. The van der Waals surface area contributed by atoms with Crippen LogP contribution in [0.5, 0.6) is 11.5 Å². The van der Waals surface area contributed by atoms with Crippen molar-refractivity contribution in [2.45, 2.75) is 46.0 Å². The number of allylic oxidation sites excluding steroid dienone is 2. The second kappa shape index (κ2) is 7.02. The highest BCUT2D eigenvalue weighted by atomic mass is 16.6. The summed E-state index contributed by atoms with van der Waals surface area (Å²) in [4.78, 5) is 10.6. The first-order valence-electron chi connectivity index (χ1n) is 7.45. The summed E-state index contributed by atoms with van der Waals surface area (Å²) in [5, 5.41) is 29.1. The third-order valence-corrected chi connectivity index (χ3v) is 4.16. The minimum absolute atomic E-state index is 0.0188. The van der Waals surface area contributed by atoms with Crippen LogP contribution < -0.4 is 4.74 Å². The number of methoxy groups -OCH3 is 1. The number of rotatable bonds is 6. The topological polar surface area (TPSA) is 96.2 Å². The third kappa shape index (κ3) is 3.48. The number of aliphatic carboxylic acids is 1. The first-order valence-corrected chi connectivity index (χ1v) is 7.45. The quantitative estimate of drug-likeness (QED) is 0.697. The van der Waals surface area contributed by atoms with Crippen molar-refractivity contribution >= 4 is 5.97 Å². The number of benzene rings is 1. The van der Waals surface area contributed by atoms with E-state index in [4.69, 9.17) is 14.6 Å². The van der Waals surface area contributed by atoms with Gasteiger partial charge in [-0.15, -0.1) is 0 Å². The third-order valence-electron chi connectivity index (χ3n) is 4.16. The largest absolute Gasteiger partial charge is 0.507 e. The van der Waals surface area contributed by atoms with Gasteiger partial charge in [-0.3, -0.25) is 4.79 Å². The molecule has 1 aromatic carbocycles. The Hall–Kier alpha value is -2.05. The van der Waals surface area contributed by atoms with Crippen molar-refractivity contribution in [1.29, 1.82) is 0 Å². The zero-order valence-corrected chi connectivity index (χ0v) is 13.5. The smallest absolute Gasteiger partial charge is 0.303 e. The molecule has 0 amide bonds. The van der Waals surface area contributed by atoms with Crippen LogP contribution in [0.3, 0.4) is 0 Å². The fourth-order valence-electron chi connectivity index (χ4n) is 2.82. The number of fused-ring (bicyclic) bond motifs is 1. The Kier molecular flexibility index (Phi) is 5.28. The van der Waals surface area contributed by atoms with E-state index in [1.54, 1.807) is 0 Å². The molecule has 1 aliphatic rings. The van der Waals surface area contributed by atoms with Gasteiger partial charge in [0, 0.05) is 12.0 Å². The van der Waals surface area contributed by atoms with E-state index in [-0.39, 0.29) is 18.8 Å². The number of carboxylic acids is 1. The van der Waals surface area contributed by atoms with Crippen LogP contribution in [0.4, 0.5) is 0 Å². The SMILES string of the molecule is COc1c(C)c2c(c(O)c1C/C=C(\C)CCC(=O)O)C(O)OC2. The molecule has 1 heterocycles. The van der Waals surface area contributed by atoms with Crippen molar-refractivity contribution in [3.63, 3.8) is 0 Å². The fourth-order valence-corrected chi connectivity index (χ4v) is 2.82. The van der Waals surface area contributed by atoms with E-state index in [1.165, 1.54) is 7.11 Å². The first kappa shape index (κ1) is 17.3. The molecule has 0 radical (unpaired) electrons. The highest BCUT2D eigenvalue weighted by molar-refractivity contribution is 5.67. The number of phenolic OH excluding ortho intramolecular Hbond substituents is 1. The normalized spacial score (nSPS) is 17.2. The summed E-state index contributed by atoms with van der Waals surface area (Å²) in [6, 6.07) is 0. The molecule has 1 aromatic rings. The van der Waals surface area contributed by atoms with Crippen LogP contribution in [0.1, 0.15) is 48.3 Å². The highest BCUT2D eigenvalue weighted by Gasteiger charge is 2.31. The molecule has 126 valence electrons. The lowest BCUT2D eigenvalue weighted by molar-refractivity contribution is -0.136. The summed E-state index contributed by atoms with van der Waals surface area (Å²) in [6.45, 7) is 3.95. The molecule has 0 spiro atoms. The molecule has 1 aliphatic heterocycles. The Morgan fingerprint density at radius 1 is 1.43 bits per heavy atom. The molecule has 0 saturated heterocycles. The van der Waals surface area contributed by atoms with Crippen molar-refractivity contribution in [2.24, 2.45) is 0 Å². The number of hydrogen-bond acceptors (Lipinski definition) is 5. The molecular formula is C17H22O6. The molecule has 0 fully saturated rings.